The van der Waals surface area contributed by atoms with Crippen molar-refractivity contribution >= 4 is 11.9 Å². The molecule has 0 aliphatic heterocycles. The molecule has 6 nitrogen and oxygen atoms in total. The summed E-state index contributed by atoms with van der Waals surface area (Å²) >= 11 is 0. The fraction of sp³-hybridized carbons (Fsp3) is 0.375. The minimum Gasteiger partial charge on any atom is -0.478 e. The van der Waals surface area contributed by atoms with Gasteiger partial charge in [0.1, 0.15) is 0 Å². The van der Waals surface area contributed by atoms with E-state index in [9.17, 15) is 9.59 Å². The SMILES string of the molecule is C=C(C)COCC(=C)C(=O)O.C=C(C)COCC(=C)C(=O)O.[Zn]. The Bertz CT molecular complexity index is 411. The van der Waals surface area contributed by atoms with Crippen LogP contribution >= 0.6 is 0 Å². The molecule has 0 unspecified atom stereocenters. The molecule has 0 saturated heterocycles. The van der Waals surface area contributed by atoms with Gasteiger partial charge in [0.05, 0.1) is 37.6 Å². The molecule has 126 valence electrons. The van der Waals surface area contributed by atoms with Gasteiger partial charge < -0.3 is 19.7 Å². The van der Waals surface area contributed by atoms with E-state index in [0.29, 0.717) is 13.2 Å². The number of carboxylic acids is 2. The van der Waals surface area contributed by atoms with Gasteiger partial charge in [-0.3, -0.25) is 0 Å². The van der Waals surface area contributed by atoms with Crippen molar-refractivity contribution in [2.75, 3.05) is 26.4 Å². The zero-order chi connectivity index (χ0) is 17.7. The first-order valence-corrected chi connectivity index (χ1v) is 6.34. The van der Waals surface area contributed by atoms with E-state index < -0.39 is 11.9 Å². The summed E-state index contributed by atoms with van der Waals surface area (Å²) in [5.41, 5.74) is 1.85. The normalized spacial score (nSPS) is 8.78. The van der Waals surface area contributed by atoms with E-state index in [1.54, 1.807) is 0 Å². The van der Waals surface area contributed by atoms with Crippen LogP contribution in [0.2, 0.25) is 0 Å². The van der Waals surface area contributed by atoms with Crippen LogP contribution in [0.15, 0.2) is 48.6 Å². The van der Waals surface area contributed by atoms with Crippen molar-refractivity contribution in [1.82, 2.24) is 0 Å². The van der Waals surface area contributed by atoms with Gasteiger partial charge in [-0.1, -0.05) is 37.5 Å². The van der Waals surface area contributed by atoms with Gasteiger partial charge in [0.2, 0.25) is 0 Å². The van der Waals surface area contributed by atoms with Gasteiger partial charge in [-0.25, -0.2) is 9.59 Å². The molecule has 0 rings (SSSR count). The van der Waals surface area contributed by atoms with Crippen molar-refractivity contribution in [1.29, 1.82) is 0 Å². The fourth-order valence-corrected chi connectivity index (χ4v) is 0.820. The summed E-state index contributed by atoms with van der Waals surface area (Å²) < 4.78 is 9.88. The van der Waals surface area contributed by atoms with Crippen molar-refractivity contribution in [3.8, 4) is 0 Å². The number of carbonyl (C=O) groups is 2. The maximum Gasteiger partial charge on any atom is 0.333 e. The topological polar surface area (TPSA) is 93.1 Å². The predicted molar refractivity (Wildman–Crippen MR) is 84.8 cm³/mol. The van der Waals surface area contributed by atoms with Crippen molar-refractivity contribution in [3.63, 3.8) is 0 Å². The smallest absolute Gasteiger partial charge is 0.333 e. The molecule has 0 heterocycles. The minimum absolute atomic E-state index is 0. The second-order valence-corrected chi connectivity index (χ2v) is 4.72. The van der Waals surface area contributed by atoms with Crippen LogP contribution < -0.4 is 0 Å². The van der Waals surface area contributed by atoms with Crippen LogP contribution in [0.4, 0.5) is 0 Å². The van der Waals surface area contributed by atoms with Crippen molar-refractivity contribution in [2.24, 2.45) is 0 Å². The van der Waals surface area contributed by atoms with Crippen LogP contribution in [0.5, 0.6) is 0 Å². The molecule has 0 atom stereocenters. The third-order valence-corrected chi connectivity index (χ3v) is 1.85. The molecular formula is C16H24O6Zn. The molecule has 0 fully saturated rings. The van der Waals surface area contributed by atoms with Crippen LogP contribution in [-0.4, -0.2) is 48.6 Å². The Morgan fingerprint density at radius 2 is 1.00 bits per heavy atom. The summed E-state index contributed by atoms with van der Waals surface area (Å²) in [4.78, 5) is 20.3. The standard InChI is InChI=1S/2C8H12O3.Zn/c2*1-6(2)4-11-5-7(3)8(9)10;/h2*1,3-5H2,2H3,(H,9,10);. The molecule has 23 heavy (non-hydrogen) atoms. The van der Waals surface area contributed by atoms with Crippen LogP contribution in [-0.2, 0) is 38.5 Å². The van der Waals surface area contributed by atoms with Gasteiger partial charge in [-0.2, -0.15) is 0 Å². The third kappa shape index (κ3) is 20.4. The summed E-state index contributed by atoms with van der Waals surface area (Å²) in [6, 6.07) is 0. The van der Waals surface area contributed by atoms with E-state index in [2.05, 4.69) is 26.3 Å². The average Bonchev–Trinajstić information content (AvgIpc) is 2.38. The number of ether oxygens (including phenoxy) is 2. The third-order valence-electron chi connectivity index (χ3n) is 1.85. The molecule has 0 aromatic carbocycles. The maximum absolute atomic E-state index is 10.2. The van der Waals surface area contributed by atoms with Crippen LogP contribution in [0, 0.1) is 0 Å². The van der Waals surface area contributed by atoms with E-state index in [-0.39, 0.29) is 43.8 Å². The zero-order valence-corrected chi connectivity index (χ0v) is 16.9. The average molecular weight is 378 g/mol. The Balaban J connectivity index is -0.000000333. The summed E-state index contributed by atoms with van der Waals surface area (Å²) in [6.45, 7) is 18.3. The van der Waals surface area contributed by atoms with Crippen LogP contribution in [0.1, 0.15) is 13.8 Å². The molecule has 2 N–H and O–H groups in total. The van der Waals surface area contributed by atoms with E-state index in [0.717, 1.165) is 11.1 Å². The monoisotopic (exact) mass is 376 g/mol. The molecule has 0 saturated carbocycles. The second-order valence-electron chi connectivity index (χ2n) is 4.72. The summed E-state index contributed by atoms with van der Waals surface area (Å²) in [6.07, 6.45) is 0. The fourth-order valence-electron chi connectivity index (χ4n) is 0.820. The molecule has 0 spiro atoms. The minimum atomic E-state index is -1.02. The quantitative estimate of drug-likeness (QED) is 0.345. The molecule has 0 bridgehead atoms. The first-order valence-electron chi connectivity index (χ1n) is 6.34. The second kappa shape index (κ2) is 15.3. The molecule has 0 amide bonds. The molecule has 0 aliphatic carbocycles. The molecular weight excluding hydrogens is 354 g/mol. The van der Waals surface area contributed by atoms with Crippen LogP contribution in [0.3, 0.4) is 0 Å². The molecule has 0 aliphatic rings. The first kappa shape index (κ1) is 26.3. The number of rotatable bonds is 10. The summed E-state index contributed by atoms with van der Waals surface area (Å²) in [5, 5.41) is 16.7. The van der Waals surface area contributed by atoms with Crippen LogP contribution in [0.25, 0.3) is 0 Å². The Kier molecular flexibility index (Phi) is 17.6. The van der Waals surface area contributed by atoms with Gasteiger partial charge in [0.25, 0.3) is 0 Å². The van der Waals surface area contributed by atoms with Gasteiger partial charge >= 0.3 is 11.9 Å². The Morgan fingerprint density at radius 3 is 1.17 bits per heavy atom. The molecule has 0 aromatic rings. The molecule has 0 radical (unpaired) electrons. The van der Waals surface area contributed by atoms with Gasteiger partial charge in [-0.05, 0) is 13.8 Å². The molecule has 7 heteroatoms. The van der Waals surface area contributed by atoms with E-state index >= 15 is 0 Å². The predicted octanol–water partition coefficient (Wildman–Crippen LogP) is 2.44. The largest absolute Gasteiger partial charge is 0.478 e. The Morgan fingerprint density at radius 1 is 0.739 bits per heavy atom. The van der Waals surface area contributed by atoms with E-state index in [1.807, 2.05) is 13.8 Å². The summed E-state index contributed by atoms with van der Waals surface area (Å²) in [5.74, 6) is -2.04. The van der Waals surface area contributed by atoms with Gasteiger partial charge in [-0.15, -0.1) is 0 Å². The number of carboxylic acid groups (broad SMARTS) is 2. The van der Waals surface area contributed by atoms with Crippen molar-refractivity contribution in [2.45, 2.75) is 13.8 Å². The number of aliphatic carboxylic acids is 2. The van der Waals surface area contributed by atoms with E-state index in [1.165, 1.54) is 0 Å². The van der Waals surface area contributed by atoms with E-state index in [4.69, 9.17) is 19.7 Å². The molecule has 0 aromatic heterocycles. The summed E-state index contributed by atoms with van der Waals surface area (Å²) in [7, 11) is 0. The Labute approximate surface area is 149 Å². The van der Waals surface area contributed by atoms with Crippen molar-refractivity contribution < 1.29 is 48.8 Å². The van der Waals surface area contributed by atoms with Gasteiger partial charge in [0, 0.05) is 19.5 Å². The zero-order valence-electron chi connectivity index (χ0n) is 13.9. The van der Waals surface area contributed by atoms with Gasteiger partial charge in [0.15, 0.2) is 0 Å². The Hall–Kier alpha value is -1.56. The number of hydrogen-bond donors (Lipinski definition) is 2. The first-order chi connectivity index (χ1) is 10.1. The van der Waals surface area contributed by atoms with Crippen molar-refractivity contribution in [3.05, 3.63) is 48.6 Å². The number of hydrogen-bond acceptors (Lipinski definition) is 4. The maximum atomic E-state index is 10.2.